The van der Waals surface area contributed by atoms with E-state index >= 15 is 0 Å². The number of amides is 2. The number of urea groups is 1. The number of carbonyl (C=O) groups excluding carboxylic acids is 1. The molecule has 0 heterocycles. The van der Waals surface area contributed by atoms with Crippen LogP contribution in [0.25, 0.3) is 0 Å². The molecule has 0 saturated heterocycles. The van der Waals surface area contributed by atoms with Crippen LogP contribution in [0.4, 0.5) is 14.9 Å². The van der Waals surface area contributed by atoms with Crippen molar-refractivity contribution in [3.05, 3.63) is 102 Å². The maximum Gasteiger partial charge on any atom is 0.322 e. The van der Waals surface area contributed by atoms with Crippen molar-refractivity contribution in [1.29, 1.82) is 0 Å². The van der Waals surface area contributed by atoms with Crippen LogP contribution in [0.1, 0.15) is 16.5 Å². The summed E-state index contributed by atoms with van der Waals surface area (Å²) in [6.07, 6.45) is 0. The molecule has 0 bridgehead atoms. The van der Waals surface area contributed by atoms with Crippen molar-refractivity contribution in [2.75, 3.05) is 12.4 Å². The summed E-state index contributed by atoms with van der Waals surface area (Å²) in [6, 6.07) is 25.8. The van der Waals surface area contributed by atoms with Crippen LogP contribution in [0.15, 0.2) is 84.9 Å². The van der Waals surface area contributed by atoms with Crippen LogP contribution in [-0.4, -0.2) is 18.0 Å². The predicted octanol–water partition coefficient (Wildman–Crippen LogP) is 5.92. The Labute approximate surface area is 163 Å². The summed E-state index contributed by atoms with van der Waals surface area (Å²) in [5.74, 6) is 0.310. The molecule has 0 aromatic heterocycles. The Balaban J connectivity index is 1.76. The van der Waals surface area contributed by atoms with E-state index in [1.165, 1.54) is 11.6 Å². The Morgan fingerprint density at radius 1 is 0.963 bits per heavy atom. The third-order valence-electron chi connectivity index (χ3n) is 4.12. The van der Waals surface area contributed by atoms with Gasteiger partial charge in [0, 0.05) is 12.8 Å². The van der Waals surface area contributed by atoms with Gasteiger partial charge in [-0.1, -0.05) is 72.8 Å². The van der Waals surface area contributed by atoms with Crippen LogP contribution < -0.4 is 5.32 Å². The van der Waals surface area contributed by atoms with E-state index in [2.05, 4.69) is 17.4 Å². The second-order valence-corrected chi connectivity index (χ2v) is 7.15. The van der Waals surface area contributed by atoms with E-state index in [0.29, 0.717) is 0 Å². The molecule has 0 fully saturated rings. The molecular weight excluding hydrogens is 359 g/mol. The van der Waals surface area contributed by atoms with Crippen molar-refractivity contribution < 1.29 is 9.18 Å². The highest BCUT2D eigenvalue weighted by atomic mass is 32.2. The zero-order chi connectivity index (χ0) is 19.1. The van der Waals surface area contributed by atoms with E-state index in [-0.39, 0.29) is 17.1 Å². The van der Waals surface area contributed by atoms with E-state index in [4.69, 9.17) is 0 Å². The lowest BCUT2D eigenvalue weighted by atomic mass is 10.2. The van der Waals surface area contributed by atoms with Crippen molar-refractivity contribution >= 4 is 23.5 Å². The Kier molecular flexibility index (Phi) is 6.49. The molecule has 0 aliphatic heterocycles. The highest BCUT2D eigenvalue weighted by Crippen LogP contribution is 2.34. The summed E-state index contributed by atoms with van der Waals surface area (Å²) in [7, 11) is 1.73. The molecule has 138 valence electrons. The van der Waals surface area contributed by atoms with Crippen LogP contribution in [0.3, 0.4) is 0 Å². The van der Waals surface area contributed by atoms with Crippen LogP contribution in [0, 0.1) is 5.82 Å². The molecule has 1 unspecified atom stereocenters. The minimum absolute atomic E-state index is 0.175. The first-order valence-corrected chi connectivity index (χ1v) is 9.69. The number of nitrogens with one attached hydrogen (secondary N) is 1. The molecule has 0 spiro atoms. The molecule has 27 heavy (non-hydrogen) atoms. The van der Waals surface area contributed by atoms with E-state index in [1.54, 1.807) is 41.9 Å². The van der Waals surface area contributed by atoms with Gasteiger partial charge in [0.2, 0.25) is 0 Å². The van der Waals surface area contributed by atoms with Gasteiger partial charge in [0.15, 0.2) is 0 Å². The van der Waals surface area contributed by atoms with Crippen LogP contribution >= 0.6 is 11.8 Å². The van der Waals surface area contributed by atoms with Gasteiger partial charge in [0.05, 0.1) is 5.69 Å². The van der Waals surface area contributed by atoms with E-state index < -0.39 is 5.82 Å². The molecule has 1 N–H and O–H groups in total. The molecule has 0 aliphatic rings. The number of hydrogen-bond donors (Lipinski definition) is 1. The number of hydrogen-bond acceptors (Lipinski definition) is 2. The van der Waals surface area contributed by atoms with Gasteiger partial charge in [-0.15, -0.1) is 11.8 Å². The van der Waals surface area contributed by atoms with Gasteiger partial charge in [-0.2, -0.15) is 0 Å². The van der Waals surface area contributed by atoms with Crippen LogP contribution in [0.2, 0.25) is 0 Å². The van der Waals surface area contributed by atoms with E-state index in [0.717, 1.165) is 11.3 Å². The summed E-state index contributed by atoms with van der Waals surface area (Å²) in [4.78, 5) is 14.3. The Hall–Kier alpha value is -2.79. The lowest BCUT2D eigenvalue weighted by molar-refractivity contribution is 0.219. The fraction of sp³-hybridized carbons (Fsp3) is 0.136. The first kappa shape index (κ1) is 19.0. The highest BCUT2D eigenvalue weighted by Gasteiger charge is 2.23. The zero-order valence-electron chi connectivity index (χ0n) is 15.0. The fourth-order valence-electron chi connectivity index (χ4n) is 2.67. The Bertz CT molecular complexity index is 874. The van der Waals surface area contributed by atoms with Crippen molar-refractivity contribution in [2.24, 2.45) is 0 Å². The van der Waals surface area contributed by atoms with Gasteiger partial charge >= 0.3 is 6.03 Å². The first-order valence-electron chi connectivity index (χ1n) is 8.64. The maximum atomic E-state index is 13.9. The zero-order valence-corrected chi connectivity index (χ0v) is 15.8. The number of nitrogens with zero attached hydrogens (tertiary/aromatic N) is 1. The van der Waals surface area contributed by atoms with Gasteiger partial charge in [0.1, 0.15) is 11.2 Å². The molecular formula is C22H21FN2OS. The molecule has 5 heteroatoms. The van der Waals surface area contributed by atoms with Crippen molar-refractivity contribution in [3.63, 3.8) is 0 Å². The molecule has 2 amide bonds. The average Bonchev–Trinajstić information content (AvgIpc) is 2.71. The van der Waals surface area contributed by atoms with Gasteiger partial charge < -0.3 is 10.2 Å². The molecule has 3 rings (SSSR count). The molecule has 3 aromatic rings. The second-order valence-electron chi connectivity index (χ2n) is 6.08. The summed E-state index contributed by atoms with van der Waals surface area (Å²) in [5.41, 5.74) is 2.38. The standard InChI is InChI=1S/C22H21FN2OS/c1-25(22(26)24-20-15-9-8-14-19(20)23)21(18-12-6-3-7-13-18)27-16-17-10-4-2-5-11-17/h2-15,21H,16H2,1H3,(H,24,26). The summed E-state index contributed by atoms with van der Waals surface area (Å²) in [6.45, 7) is 0. The van der Waals surface area contributed by atoms with E-state index in [1.807, 2.05) is 48.5 Å². The fourth-order valence-corrected chi connectivity index (χ4v) is 3.88. The molecule has 3 nitrogen and oxygen atoms in total. The summed E-state index contributed by atoms with van der Waals surface area (Å²) < 4.78 is 13.9. The van der Waals surface area contributed by atoms with Crippen molar-refractivity contribution in [2.45, 2.75) is 11.1 Å². The minimum atomic E-state index is -0.451. The molecule has 1 atom stereocenters. The molecule has 0 saturated carbocycles. The SMILES string of the molecule is CN(C(=O)Nc1ccccc1F)C(SCc1ccccc1)c1ccccc1. The normalized spacial score (nSPS) is 11.6. The van der Waals surface area contributed by atoms with Gasteiger partial charge in [-0.3, -0.25) is 0 Å². The number of rotatable bonds is 6. The number of halogens is 1. The second kappa shape index (κ2) is 9.24. The number of para-hydroxylation sites is 1. The minimum Gasteiger partial charge on any atom is -0.311 e. The quantitative estimate of drug-likeness (QED) is 0.538. The first-order chi connectivity index (χ1) is 13.1. The van der Waals surface area contributed by atoms with Crippen LogP contribution in [-0.2, 0) is 5.75 Å². The number of benzene rings is 3. The lowest BCUT2D eigenvalue weighted by Crippen LogP contribution is -2.34. The average molecular weight is 380 g/mol. The molecule has 0 radical (unpaired) electrons. The lowest BCUT2D eigenvalue weighted by Gasteiger charge is -2.28. The number of anilines is 1. The number of thioether (sulfide) groups is 1. The Morgan fingerprint density at radius 3 is 2.22 bits per heavy atom. The topological polar surface area (TPSA) is 32.3 Å². The largest absolute Gasteiger partial charge is 0.322 e. The maximum absolute atomic E-state index is 13.9. The molecule has 3 aromatic carbocycles. The monoisotopic (exact) mass is 380 g/mol. The molecule has 0 aliphatic carbocycles. The Morgan fingerprint density at radius 2 is 1.56 bits per heavy atom. The number of carbonyl (C=O) groups is 1. The third-order valence-corrected chi connectivity index (χ3v) is 5.53. The van der Waals surface area contributed by atoms with Gasteiger partial charge in [0.25, 0.3) is 0 Å². The third kappa shape index (κ3) is 5.11. The van der Waals surface area contributed by atoms with Gasteiger partial charge in [-0.25, -0.2) is 9.18 Å². The van der Waals surface area contributed by atoms with Gasteiger partial charge in [-0.05, 0) is 23.3 Å². The highest BCUT2D eigenvalue weighted by molar-refractivity contribution is 7.98. The predicted molar refractivity (Wildman–Crippen MR) is 110 cm³/mol. The van der Waals surface area contributed by atoms with E-state index in [9.17, 15) is 9.18 Å². The summed E-state index contributed by atoms with van der Waals surface area (Å²) >= 11 is 1.65. The summed E-state index contributed by atoms with van der Waals surface area (Å²) in [5, 5.41) is 2.46. The van der Waals surface area contributed by atoms with Crippen molar-refractivity contribution in [1.82, 2.24) is 4.90 Å². The van der Waals surface area contributed by atoms with Crippen molar-refractivity contribution in [3.8, 4) is 0 Å². The van der Waals surface area contributed by atoms with Crippen LogP contribution in [0.5, 0.6) is 0 Å². The smallest absolute Gasteiger partial charge is 0.311 e.